The lowest BCUT2D eigenvalue weighted by Crippen LogP contribution is -2.42. The summed E-state index contributed by atoms with van der Waals surface area (Å²) >= 11 is 6.98. The molecule has 1 aromatic rings. The molecule has 1 N–H and O–H groups in total. The van der Waals surface area contributed by atoms with Crippen molar-refractivity contribution in [1.29, 1.82) is 0 Å². The molecule has 1 aromatic heterocycles. The van der Waals surface area contributed by atoms with E-state index < -0.39 is 17.3 Å². The number of hydrogen-bond donors (Lipinski definition) is 1. The molecule has 5 nitrogen and oxygen atoms in total. The number of carbonyl (C=O) groups excluding carboxylic acids is 2. The van der Waals surface area contributed by atoms with Crippen LogP contribution in [-0.2, 0) is 11.3 Å². The van der Waals surface area contributed by atoms with Crippen molar-refractivity contribution >= 4 is 34.9 Å². The van der Waals surface area contributed by atoms with Crippen LogP contribution < -0.4 is 5.32 Å². The fourth-order valence-electron chi connectivity index (χ4n) is 0.931. The molecule has 1 atom stereocenters. The Morgan fingerprint density at radius 2 is 2.38 bits per heavy atom. The maximum absolute atomic E-state index is 11.5. The first-order valence-electron chi connectivity index (χ1n) is 4.57. The first-order valence-corrected chi connectivity index (χ1v) is 5.95. The predicted octanol–water partition coefficient (Wildman–Crippen LogP) is 1.44. The van der Waals surface area contributed by atoms with E-state index in [0.717, 1.165) is 5.69 Å². The van der Waals surface area contributed by atoms with E-state index in [1.165, 1.54) is 23.2 Å². The molecule has 7 heteroatoms. The van der Waals surface area contributed by atoms with Gasteiger partial charge in [-0.25, -0.2) is 9.78 Å². The summed E-state index contributed by atoms with van der Waals surface area (Å²) in [6.45, 7) is 1.86. The second-order valence-corrected chi connectivity index (χ2v) is 4.62. The molecule has 0 bridgehead atoms. The molecule has 0 saturated heterocycles. The Labute approximate surface area is 102 Å². The minimum atomic E-state index is -0.725. The number of carbonyl (C=O) groups is 2. The third kappa shape index (κ3) is 3.79. The van der Waals surface area contributed by atoms with E-state index in [9.17, 15) is 9.59 Å². The zero-order valence-electron chi connectivity index (χ0n) is 8.94. The van der Waals surface area contributed by atoms with Crippen LogP contribution in [0.15, 0.2) is 10.9 Å². The number of nitrogens with zero attached hydrogens (tertiary/aromatic N) is 2. The summed E-state index contributed by atoms with van der Waals surface area (Å²) in [5.74, 6) is -0.503. The molecular formula is C9H12ClN3O2S. The normalized spacial score (nSPS) is 11.9. The van der Waals surface area contributed by atoms with Crippen molar-refractivity contribution in [2.45, 2.75) is 18.8 Å². The number of rotatable bonds is 3. The molecule has 0 fully saturated rings. The van der Waals surface area contributed by atoms with Gasteiger partial charge in [-0.2, -0.15) is 0 Å². The number of amides is 3. The highest BCUT2D eigenvalue weighted by molar-refractivity contribution is 7.07. The van der Waals surface area contributed by atoms with Gasteiger partial charge in [0.25, 0.3) is 0 Å². The fourth-order valence-corrected chi connectivity index (χ4v) is 1.53. The van der Waals surface area contributed by atoms with Gasteiger partial charge in [0.15, 0.2) is 0 Å². The van der Waals surface area contributed by atoms with Gasteiger partial charge in [-0.1, -0.05) is 0 Å². The Morgan fingerprint density at radius 3 is 2.88 bits per heavy atom. The van der Waals surface area contributed by atoms with Gasteiger partial charge in [-0.3, -0.25) is 10.1 Å². The number of alkyl halides is 1. The van der Waals surface area contributed by atoms with E-state index in [4.69, 9.17) is 11.6 Å². The molecule has 0 aliphatic rings. The largest absolute Gasteiger partial charge is 0.324 e. The molecule has 0 aliphatic heterocycles. The van der Waals surface area contributed by atoms with Crippen LogP contribution in [0.2, 0.25) is 0 Å². The summed E-state index contributed by atoms with van der Waals surface area (Å²) in [6, 6.07) is -0.481. The molecule has 16 heavy (non-hydrogen) atoms. The van der Waals surface area contributed by atoms with E-state index in [-0.39, 0.29) is 0 Å². The smallest absolute Gasteiger partial charge is 0.322 e. The third-order valence-corrected chi connectivity index (χ3v) is 2.65. The Balaban J connectivity index is 2.45. The van der Waals surface area contributed by atoms with Crippen LogP contribution in [0.5, 0.6) is 0 Å². The lowest BCUT2D eigenvalue weighted by atomic mass is 10.4. The minimum Gasteiger partial charge on any atom is -0.322 e. The lowest BCUT2D eigenvalue weighted by Gasteiger charge is -2.16. The fraction of sp³-hybridized carbons (Fsp3) is 0.444. The van der Waals surface area contributed by atoms with Crippen LogP contribution in [0.4, 0.5) is 4.79 Å². The Hall–Kier alpha value is -1.14. The summed E-state index contributed by atoms with van der Waals surface area (Å²) in [5, 5.41) is 3.30. The molecule has 1 rings (SSSR count). The summed E-state index contributed by atoms with van der Waals surface area (Å²) in [6.07, 6.45) is 0. The van der Waals surface area contributed by atoms with Gasteiger partial charge < -0.3 is 4.90 Å². The standard InChI is InChI=1S/C9H12ClN3O2S/c1-6(10)8(14)12-9(15)13(2)3-7-4-16-5-11-7/h4-6H,3H2,1-2H3,(H,12,14,15). The van der Waals surface area contributed by atoms with Gasteiger partial charge in [0.1, 0.15) is 5.38 Å². The Bertz CT molecular complexity index is 367. The van der Waals surface area contributed by atoms with Crippen molar-refractivity contribution in [2.75, 3.05) is 7.05 Å². The second kappa shape index (κ2) is 5.81. The molecule has 3 amide bonds. The maximum Gasteiger partial charge on any atom is 0.324 e. The lowest BCUT2D eigenvalue weighted by molar-refractivity contribution is -0.119. The van der Waals surface area contributed by atoms with E-state index in [2.05, 4.69) is 10.3 Å². The van der Waals surface area contributed by atoms with Gasteiger partial charge in [0.05, 0.1) is 17.7 Å². The molecule has 1 heterocycles. The number of aromatic nitrogens is 1. The Morgan fingerprint density at radius 1 is 1.69 bits per heavy atom. The average Bonchev–Trinajstić information content (AvgIpc) is 2.69. The maximum atomic E-state index is 11.5. The highest BCUT2D eigenvalue weighted by Gasteiger charge is 2.16. The molecule has 0 radical (unpaired) electrons. The summed E-state index contributed by atoms with van der Waals surface area (Å²) in [5.41, 5.74) is 2.47. The first kappa shape index (κ1) is 12.9. The summed E-state index contributed by atoms with van der Waals surface area (Å²) in [4.78, 5) is 28.1. The highest BCUT2D eigenvalue weighted by atomic mass is 35.5. The van der Waals surface area contributed by atoms with Crippen LogP contribution >= 0.6 is 22.9 Å². The predicted molar refractivity (Wildman–Crippen MR) is 62.4 cm³/mol. The third-order valence-electron chi connectivity index (χ3n) is 1.82. The molecular weight excluding hydrogens is 250 g/mol. The topological polar surface area (TPSA) is 62.3 Å². The number of urea groups is 1. The van der Waals surface area contributed by atoms with E-state index in [0.29, 0.717) is 6.54 Å². The Kier molecular flexibility index (Phi) is 4.70. The van der Waals surface area contributed by atoms with E-state index in [1.54, 1.807) is 12.6 Å². The van der Waals surface area contributed by atoms with Crippen molar-refractivity contribution in [3.63, 3.8) is 0 Å². The number of imide groups is 1. The first-order chi connectivity index (χ1) is 7.50. The van der Waals surface area contributed by atoms with E-state index in [1.807, 2.05) is 5.38 Å². The molecule has 0 saturated carbocycles. The number of hydrogen-bond acceptors (Lipinski definition) is 4. The molecule has 0 spiro atoms. The quantitative estimate of drug-likeness (QED) is 0.838. The van der Waals surface area contributed by atoms with Gasteiger partial charge in [-0.15, -0.1) is 22.9 Å². The van der Waals surface area contributed by atoms with Crippen LogP contribution in [-0.4, -0.2) is 34.2 Å². The second-order valence-electron chi connectivity index (χ2n) is 3.25. The monoisotopic (exact) mass is 261 g/mol. The molecule has 0 aromatic carbocycles. The van der Waals surface area contributed by atoms with Crippen LogP contribution in [0, 0.1) is 0 Å². The number of nitrogens with one attached hydrogen (secondary N) is 1. The van der Waals surface area contributed by atoms with Gasteiger partial charge >= 0.3 is 6.03 Å². The van der Waals surface area contributed by atoms with Crippen molar-refractivity contribution in [2.24, 2.45) is 0 Å². The van der Waals surface area contributed by atoms with Gasteiger partial charge in [0, 0.05) is 12.4 Å². The summed E-state index contributed by atoms with van der Waals surface area (Å²) < 4.78 is 0. The minimum absolute atomic E-state index is 0.360. The molecule has 88 valence electrons. The highest BCUT2D eigenvalue weighted by Crippen LogP contribution is 2.04. The average molecular weight is 262 g/mol. The van der Waals surface area contributed by atoms with Gasteiger partial charge in [0.2, 0.25) is 5.91 Å². The van der Waals surface area contributed by atoms with Crippen molar-refractivity contribution in [3.8, 4) is 0 Å². The van der Waals surface area contributed by atoms with Crippen LogP contribution in [0.25, 0.3) is 0 Å². The van der Waals surface area contributed by atoms with Crippen molar-refractivity contribution in [1.82, 2.24) is 15.2 Å². The summed E-state index contributed by atoms with van der Waals surface area (Å²) in [7, 11) is 1.58. The zero-order chi connectivity index (χ0) is 12.1. The zero-order valence-corrected chi connectivity index (χ0v) is 10.5. The van der Waals surface area contributed by atoms with Crippen LogP contribution in [0.1, 0.15) is 12.6 Å². The van der Waals surface area contributed by atoms with Crippen molar-refractivity contribution in [3.05, 3.63) is 16.6 Å². The molecule has 0 aliphatic carbocycles. The SMILES string of the molecule is CC(Cl)C(=O)NC(=O)N(C)Cc1cscn1. The number of halogens is 1. The van der Waals surface area contributed by atoms with Gasteiger partial charge in [-0.05, 0) is 6.92 Å². The van der Waals surface area contributed by atoms with Crippen molar-refractivity contribution < 1.29 is 9.59 Å². The van der Waals surface area contributed by atoms with Crippen LogP contribution in [0.3, 0.4) is 0 Å². The molecule has 1 unspecified atom stereocenters. The van der Waals surface area contributed by atoms with E-state index >= 15 is 0 Å². The number of thiazole rings is 1.